The number of hydrogen-bond acceptors (Lipinski definition) is 1. The van der Waals surface area contributed by atoms with E-state index in [1.54, 1.807) is 23.5 Å². The zero-order chi connectivity index (χ0) is 7.94. The molecule has 1 aromatic rings. The molecule has 0 N–H and O–H groups in total. The molecule has 11 heavy (non-hydrogen) atoms. The molecule has 0 unspecified atom stereocenters. The summed E-state index contributed by atoms with van der Waals surface area (Å²) >= 11 is 1.65. The standard InChI is InChI=1S/C10H8S/c1-2-3-4-5-7-10-8-6-9-11-10/h2-4,6,8-9H,1H2/b4-3-. The lowest BCUT2D eigenvalue weighted by atomic mass is 10.4. The van der Waals surface area contributed by atoms with Crippen molar-refractivity contribution >= 4 is 11.3 Å². The van der Waals surface area contributed by atoms with Crippen molar-refractivity contribution in [3.05, 3.63) is 47.2 Å². The van der Waals surface area contributed by atoms with Crippen LogP contribution in [0, 0.1) is 11.8 Å². The zero-order valence-electron chi connectivity index (χ0n) is 6.08. The molecular formula is C10H8S. The summed E-state index contributed by atoms with van der Waals surface area (Å²) in [5.74, 6) is 5.89. The first kappa shape index (κ1) is 7.84. The van der Waals surface area contributed by atoms with E-state index in [4.69, 9.17) is 0 Å². The summed E-state index contributed by atoms with van der Waals surface area (Å²) in [5.41, 5.74) is 0. The van der Waals surface area contributed by atoms with E-state index >= 15 is 0 Å². The largest absolute Gasteiger partial charge is 0.135 e. The maximum atomic E-state index is 3.54. The van der Waals surface area contributed by atoms with E-state index in [1.165, 1.54) is 0 Å². The van der Waals surface area contributed by atoms with Gasteiger partial charge in [0.25, 0.3) is 0 Å². The predicted octanol–water partition coefficient (Wildman–Crippen LogP) is 2.84. The van der Waals surface area contributed by atoms with Crippen molar-refractivity contribution in [2.24, 2.45) is 0 Å². The Kier molecular flexibility index (Phi) is 3.24. The molecule has 0 aliphatic heterocycles. The van der Waals surface area contributed by atoms with Gasteiger partial charge in [0.1, 0.15) is 0 Å². The zero-order valence-corrected chi connectivity index (χ0v) is 6.90. The molecule has 1 heterocycles. The lowest BCUT2D eigenvalue weighted by Gasteiger charge is -1.71. The Morgan fingerprint density at radius 3 is 3.09 bits per heavy atom. The van der Waals surface area contributed by atoms with Crippen LogP contribution < -0.4 is 0 Å². The fourth-order valence-electron chi connectivity index (χ4n) is 0.579. The topological polar surface area (TPSA) is 0 Å². The summed E-state index contributed by atoms with van der Waals surface area (Å²) in [4.78, 5) is 1.10. The minimum absolute atomic E-state index is 1.10. The van der Waals surface area contributed by atoms with Gasteiger partial charge in [0.05, 0.1) is 4.88 Å². The molecule has 1 heteroatoms. The highest BCUT2D eigenvalue weighted by molar-refractivity contribution is 7.10. The number of hydrogen-bond donors (Lipinski definition) is 0. The molecule has 54 valence electrons. The smallest absolute Gasteiger partial charge is 0.0771 e. The molecule has 0 spiro atoms. The van der Waals surface area contributed by atoms with Crippen LogP contribution in [-0.4, -0.2) is 0 Å². The molecule has 0 bridgehead atoms. The van der Waals surface area contributed by atoms with Crippen molar-refractivity contribution in [1.29, 1.82) is 0 Å². The van der Waals surface area contributed by atoms with Crippen LogP contribution in [0.25, 0.3) is 0 Å². The van der Waals surface area contributed by atoms with Crippen LogP contribution >= 0.6 is 11.3 Å². The summed E-state index contributed by atoms with van der Waals surface area (Å²) in [6.45, 7) is 3.54. The monoisotopic (exact) mass is 160 g/mol. The molecule has 0 fully saturated rings. The molecule has 0 saturated carbocycles. The average molecular weight is 160 g/mol. The second-order valence-electron chi connectivity index (χ2n) is 1.84. The van der Waals surface area contributed by atoms with Crippen molar-refractivity contribution in [2.75, 3.05) is 0 Å². The third-order valence-electron chi connectivity index (χ3n) is 1.03. The maximum absolute atomic E-state index is 3.54. The van der Waals surface area contributed by atoms with Crippen LogP contribution in [0.3, 0.4) is 0 Å². The first-order valence-corrected chi connectivity index (χ1v) is 4.14. The van der Waals surface area contributed by atoms with Gasteiger partial charge in [0.15, 0.2) is 0 Å². The number of thiophene rings is 1. The van der Waals surface area contributed by atoms with Gasteiger partial charge in [-0.2, -0.15) is 0 Å². The van der Waals surface area contributed by atoms with Crippen molar-refractivity contribution < 1.29 is 0 Å². The Morgan fingerprint density at radius 2 is 2.45 bits per heavy atom. The Morgan fingerprint density at radius 1 is 1.55 bits per heavy atom. The average Bonchev–Trinajstić information content (AvgIpc) is 2.50. The third kappa shape index (κ3) is 2.88. The van der Waals surface area contributed by atoms with Gasteiger partial charge in [-0.1, -0.05) is 36.6 Å². The number of rotatable bonds is 1. The van der Waals surface area contributed by atoms with Crippen LogP contribution in [0.15, 0.2) is 42.3 Å². The molecule has 0 aliphatic rings. The lowest BCUT2D eigenvalue weighted by Crippen LogP contribution is -1.56. The molecule has 1 rings (SSSR count). The van der Waals surface area contributed by atoms with Gasteiger partial charge in [-0.3, -0.25) is 0 Å². The van der Waals surface area contributed by atoms with Gasteiger partial charge in [-0.25, -0.2) is 0 Å². The van der Waals surface area contributed by atoms with Gasteiger partial charge in [0, 0.05) is 0 Å². The van der Waals surface area contributed by atoms with E-state index in [2.05, 4.69) is 18.4 Å². The minimum atomic E-state index is 1.10. The first-order valence-electron chi connectivity index (χ1n) is 3.26. The van der Waals surface area contributed by atoms with Crippen molar-refractivity contribution in [3.63, 3.8) is 0 Å². The maximum Gasteiger partial charge on any atom is 0.0771 e. The van der Waals surface area contributed by atoms with E-state index in [1.807, 2.05) is 23.6 Å². The summed E-state index contributed by atoms with van der Waals surface area (Å²) in [6.07, 6.45) is 5.32. The molecule has 0 nitrogen and oxygen atoms in total. The highest BCUT2D eigenvalue weighted by Crippen LogP contribution is 2.05. The van der Waals surface area contributed by atoms with Gasteiger partial charge < -0.3 is 0 Å². The van der Waals surface area contributed by atoms with Crippen LogP contribution in [0.2, 0.25) is 0 Å². The highest BCUT2D eigenvalue weighted by Gasteiger charge is 1.81. The molecule has 0 saturated heterocycles. The second-order valence-corrected chi connectivity index (χ2v) is 2.79. The van der Waals surface area contributed by atoms with Crippen LogP contribution in [-0.2, 0) is 0 Å². The summed E-state index contributed by atoms with van der Waals surface area (Å²) in [7, 11) is 0. The van der Waals surface area contributed by atoms with Crippen molar-refractivity contribution in [1.82, 2.24) is 0 Å². The fourth-order valence-corrected chi connectivity index (χ4v) is 1.16. The molecule has 0 aromatic carbocycles. The Bertz CT molecular complexity index is 293. The molecule has 0 radical (unpaired) electrons. The van der Waals surface area contributed by atoms with E-state index in [-0.39, 0.29) is 0 Å². The van der Waals surface area contributed by atoms with E-state index in [0.29, 0.717) is 0 Å². The van der Waals surface area contributed by atoms with Gasteiger partial charge in [-0.05, 0) is 17.5 Å². The van der Waals surface area contributed by atoms with Gasteiger partial charge in [-0.15, -0.1) is 11.3 Å². The molecular weight excluding hydrogens is 152 g/mol. The Hall–Kier alpha value is -1.26. The van der Waals surface area contributed by atoms with Gasteiger partial charge in [0.2, 0.25) is 0 Å². The SMILES string of the molecule is C=C/C=C\C#Cc1cccs1. The normalized spacial score (nSPS) is 9.09. The summed E-state index contributed by atoms with van der Waals surface area (Å²) in [6, 6.07) is 3.99. The Balaban J connectivity index is 2.58. The highest BCUT2D eigenvalue weighted by atomic mass is 32.1. The molecule has 0 atom stereocenters. The van der Waals surface area contributed by atoms with Crippen LogP contribution in [0.1, 0.15) is 4.88 Å². The van der Waals surface area contributed by atoms with E-state index in [9.17, 15) is 0 Å². The lowest BCUT2D eigenvalue weighted by molar-refractivity contribution is 1.93. The fraction of sp³-hybridized carbons (Fsp3) is 0. The van der Waals surface area contributed by atoms with Gasteiger partial charge >= 0.3 is 0 Å². The summed E-state index contributed by atoms with van der Waals surface area (Å²) in [5, 5.41) is 2.02. The van der Waals surface area contributed by atoms with Crippen molar-refractivity contribution in [3.8, 4) is 11.8 Å². The van der Waals surface area contributed by atoms with Crippen molar-refractivity contribution in [2.45, 2.75) is 0 Å². The first-order chi connectivity index (χ1) is 5.43. The minimum Gasteiger partial charge on any atom is -0.135 e. The van der Waals surface area contributed by atoms with E-state index < -0.39 is 0 Å². The third-order valence-corrected chi connectivity index (χ3v) is 1.82. The van der Waals surface area contributed by atoms with E-state index in [0.717, 1.165) is 4.88 Å². The second kappa shape index (κ2) is 4.54. The molecule has 0 aliphatic carbocycles. The Labute approximate surface area is 70.9 Å². The summed E-state index contributed by atoms with van der Waals surface area (Å²) < 4.78 is 0. The molecule has 0 amide bonds. The quantitative estimate of drug-likeness (QED) is 0.438. The number of allylic oxidation sites excluding steroid dienone is 3. The van der Waals surface area contributed by atoms with Crippen LogP contribution in [0.5, 0.6) is 0 Å². The molecule has 1 aromatic heterocycles. The predicted molar refractivity (Wildman–Crippen MR) is 50.5 cm³/mol. The van der Waals surface area contributed by atoms with Crippen LogP contribution in [0.4, 0.5) is 0 Å².